The number of nitrogens with one attached hydrogen (secondary N) is 1. The van der Waals surface area contributed by atoms with Gasteiger partial charge in [0.1, 0.15) is 0 Å². The average Bonchev–Trinajstić information content (AvgIpc) is 2.93. The zero-order chi connectivity index (χ0) is 13.5. The molecule has 0 saturated carbocycles. The first kappa shape index (κ1) is 13.4. The molecule has 0 unspecified atom stereocenters. The third-order valence-corrected chi connectivity index (χ3v) is 2.87. The molecule has 1 heterocycles. The van der Waals surface area contributed by atoms with Gasteiger partial charge in [0.05, 0.1) is 7.11 Å². The summed E-state index contributed by atoms with van der Waals surface area (Å²) in [7, 11) is 1.55. The Kier molecular flexibility index (Phi) is 4.80. The molecule has 0 aliphatic carbocycles. The van der Waals surface area contributed by atoms with Crippen molar-refractivity contribution in [2.75, 3.05) is 13.7 Å². The lowest BCUT2D eigenvalue weighted by Crippen LogP contribution is -2.16. The lowest BCUT2D eigenvalue weighted by atomic mass is 10.2. The molecule has 2 aromatic rings. The third-order valence-electron chi connectivity index (χ3n) is 2.87. The summed E-state index contributed by atoms with van der Waals surface area (Å²) in [5.41, 5.74) is 1.09. The van der Waals surface area contributed by atoms with Crippen LogP contribution in [0.5, 0.6) is 11.5 Å². The smallest absolute Gasteiger partial charge is 0.160 e. The van der Waals surface area contributed by atoms with Crippen LogP contribution in [-0.4, -0.2) is 28.5 Å². The van der Waals surface area contributed by atoms with E-state index in [4.69, 9.17) is 4.74 Å². The van der Waals surface area contributed by atoms with E-state index in [9.17, 15) is 5.11 Å². The number of hydrogen-bond acceptors (Lipinski definition) is 4. The van der Waals surface area contributed by atoms with Crippen molar-refractivity contribution in [3.63, 3.8) is 0 Å². The lowest BCUT2D eigenvalue weighted by molar-refractivity contribution is 0.372. The van der Waals surface area contributed by atoms with Crippen LogP contribution in [0.3, 0.4) is 0 Å². The van der Waals surface area contributed by atoms with E-state index in [0.29, 0.717) is 5.75 Å². The normalized spacial score (nSPS) is 10.6. The van der Waals surface area contributed by atoms with Crippen LogP contribution in [0, 0.1) is 0 Å². The van der Waals surface area contributed by atoms with Gasteiger partial charge in [0.25, 0.3) is 0 Å². The SMILES string of the molecule is COc1cc(CNCCCn2cccn2)ccc1O. The van der Waals surface area contributed by atoms with Crippen molar-refractivity contribution in [3.8, 4) is 11.5 Å². The molecule has 2 N–H and O–H groups in total. The van der Waals surface area contributed by atoms with E-state index >= 15 is 0 Å². The predicted octanol–water partition coefficient (Wildman–Crippen LogP) is 1.78. The second-order valence-electron chi connectivity index (χ2n) is 4.31. The van der Waals surface area contributed by atoms with Crippen LogP contribution in [0.2, 0.25) is 0 Å². The Morgan fingerprint density at radius 2 is 2.32 bits per heavy atom. The summed E-state index contributed by atoms with van der Waals surface area (Å²) in [5.74, 6) is 0.681. The number of ether oxygens (including phenoxy) is 1. The first-order valence-electron chi connectivity index (χ1n) is 6.33. The molecule has 102 valence electrons. The molecule has 0 atom stereocenters. The predicted molar refractivity (Wildman–Crippen MR) is 73.2 cm³/mol. The van der Waals surface area contributed by atoms with E-state index in [1.807, 2.05) is 29.1 Å². The fourth-order valence-corrected chi connectivity index (χ4v) is 1.86. The van der Waals surface area contributed by atoms with E-state index in [-0.39, 0.29) is 5.75 Å². The quantitative estimate of drug-likeness (QED) is 0.746. The van der Waals surface area contributed by atoms with Crippen molar-refractivity contribution in [1.29, 1.82) is 0 Å². The maximum absolute atomic E-state index is 9.50. The van der Waals surface area contributed by atoms with Gasteiger partial charge in [-0.2, -0.15) is 5.10 Å². The second kappa shape index (κ2) is 6.80. The molecular weight excluding hydrogens is 242 g/mol. The van der Waals surface area contributed by atoms with Gasteiger partial charge in [0.2, 0.25) is 0 Å². The number of phenolic OH excluding ortho intramolecular Hbond substituents is 1. The Bertz CT molecular complexity index is 497. The second-order valence-corrected chi connectivity index (χ2v) is 4.31. The van der Waals surface area contributed by atoms with Gasteiger partial charge in [-0.25, -0.2) is 0 Å². The largest absolute Gasteiger partial charge is 0.504 e. The van der Waals surface area contributed by atoms with Gasteiger partial charge in [-0.1, -0.05) is 6.07 Å². The summed E-state index contributed by atoms with van der Waals surface area (Å²) in [6.07, 6.45) is 4.78. The maximum Gasteiger partial charge on any atom is 0.160 e. The Morgan fingerprint density at radius 1 is 1.42 bits per heavy atom. The van der Waals surface area contributed by atoms with E-state index in [1.165, 1.54) is 0 Å². The summed E-state index contributed by atoms with van der Waals surface area (Å²) < 4.78 is 6.99. The third kappa shape index (κ3) is 3.99. The number of hydrogen-bond donors (Lipinski definition) is 2. The zero-order valence-corrected chi connectivity index (χ0v) is 11.0. The molecule has 0 radical (unpaired) electrons. The van der Waals surface area contributed by atoms with E-state index < -0.39 is 0 Å². The number of benzene rings is 1. The summed E-state index contributed by atoms with van der Waals surface area (Å²) in [6, 6.07) is 7.31. The highest BCUT2D eigenvalue weighted by atomic mass is 16.5. The first-order chi connectivity index (χ1) is 9.29. The van der Waals surface area contributed by atoms with Crippen molar-refractivity contribution in [2.24, 2.45) is 0 Å². The number of rotatable bonds is 7. The standard InChI is InChI=1S/C14H19N3O2/c1-19-14-10-12(4-5-13(14)18)11-15-6-2-8-17-9-3-7-16-17/h3-5,7,9-10,15,18H,2,6,8,11H2,1H3. The van der Waals surface area contributed by atoms with Gasteiger partial charge in [-0.15, -0.1) is 0 Å². The topological polar surface area (TPSA) is 59.3 Å². The molecule has 0 saturated heterocycles. The summed E-state index contributed by atoms with van der Waals surface area (Å²) in [6.45, 7) is 2.59. The van der Waals surface area contributed by atoms with E-state index in [2.05, 4.69) is 10.4 Å². The van der Waals surface area contributed by atoms with Crippen LogP contribution in [0.25, 0.3) is 0 Å². The van der Waals surface area contributed by atoms with Crippen LogP contribution in [0.4, 0.5) is 0 Å². The number of methoxy groups -OCH3 is 1. The molecule has 0 aliphatic heterocycles. The van der Waals surface area contributed by atoms with Crippen molar-refractivity contribution in [3.05, 3.63) is 42.2 Å². The minimum Gasteiger partial charge on any atom is -0.504 e. The Labute approximate surface area is 112 Å². The van der Waals surface area contributed by atoms with Gasteiger partial charge in [0.15, 0.2) is 11.5 Å². The molecule has 0 amide bonds. The van der Waals surface area contributed by atoms with Crippen molar-refractivity contribution >= 4 is 0 Å². The Hall–Kier alpha value is -2.01. The highest BCUT2D eigenvalue weighted by Gasteiger charge is 2.02. The molecule has 0 spiro atoms. The molecular formula is C14H19N3O2. The lowest BCUT2D eigenvalue weighted by Gasteiger charge is -2.08. The van der Waals surface area contributed by atoms with Crippen molar-refractivity contribution in [1.82, 2.24) is 15.1 Å². The number of phenols is 1. The number of aromatic hydroxyl groups is 1. The van der Waals surface area contributed by atoms with Crippen LogP contribution < -0.4 is 10.1 Å². The van der Waals surface area contributed by atoms with Crippen LogP contribution in [-0.2, 0) is 13.1 Å². The summed E-state index contributed by atoms with van der Waals surface area (Å²) >= 11 is 0. The molecule has 0 bridgehead atoms. The zero-order valence-electron chi connectivity index (χ0n) is 11.0. The minimum atomic E-state index is 0.171. The first-order valence-corrected chi connectivity index (χ1v) is 6.33. The van der Waals surface area contributed by atoms with Crippen molar-refractivity contribution < 1.29 is 9.84 Å². The van der Waals surface area contributed by atoms with Gasteiger partial charge in [0, 0.05) is 25.5 Å². The maximum atomic E-state index is 9.50. The molecule has 1 aromatic carbocycles. The molecule has 19 heavy (non-hydrogen) atoms. The van der Waals surface area contributed by atoms with Crippen LogP contribution in [0.1, 0.15) is 12.0 Å². The summed E-state index contributed by atoms with van der Waals surface area (Å²) in [4.78, 5) is 0. The molecule has 5 nitrogen and oxygen atoms in total. The average molecular weight is 261 g/mol. The molecule has 2 rings (SSSR count). The molecule has 1 aromatic heterocycles. The minimum absolute atomic E-state index is 0.171. The monoisotopic (exact) mass is 261 g/mol. The molecule has 0 aliphatic rings. The summed E-state index contributed by atoms with van der Waals surface area (Å²) in [5, 5.41) is 17.0. The Morgan fingerprint density at radius 3 is 3.05 bits per heavy atom. The van der Waals surface area contributed by atoms with E-state index in [0.717, 1.165) is 31.6 Å². The fraction of sp³-hybridized carbons (Fsp3) is 0.357. The fourth-order valence-electron chi connectivity index (χ4n) is 1.86. The van der Waals surface area contributed by atoms with Gasteiger partial charge in [-0.05, 0) is 36.7 Å². The van der Waals surface area contributed by atoms with Gasteiger partial charge >= 0.3 is 0 Å². The highest BCUT2D eigenvalue weighted by Crippen LogP contribution is 2.25. The van der Waals surface area contributed by atoms with Gasteiger partial charge < -0.3 is 15.2 Å². The molecule has 5 heteroatoms. The number of aromatic nitrogens is 2. The van der Waals surface area contributed by atoms with Crippen molar-refractivity contribution in [2.45, 2.75) is 19.5 Å². The Balaban J connectivity index is 1.70. The van der Waals surface area contributed by atoms with Crippen LogP contribution in [0.15, 0.2) is 36.7 Å². The molecule has 0 fully saturated rings. The van der Waals surface area contributed by atoms with E-state index in [1.54, 1.807) is 19.4 Å². The number of aryl methyl sites for hydroxylation is 1. The number of nitrogens with zero attached hydrogens (tertiary/aromatic N) is 2. The van der Waals surface area contributed by atoms with Gasteiger partial charge in [-0.3, -0.25) is 4.68 Å². The highest BCUT2D eigenvalue weighted by molar-refractivity contribution is 5.41. The van der Waals surface area contributed by atoms with Crippen LogP contribution >= 0.6 is 0 Å².